The van der Waals surface area contributed by atoms with Crippen LogP contribution in [0.25, 0.3) is 79.0 Å². The summed E-state index contributed by atoms with van der Waals surface area (Å²) >= 11 is 0. The molecule has 2 aliphatic heterocycles. The van der Waals surface area contributed by atoms with Crippen LogP contribution in [-0.4, -0.2) is 19.9 Å². The van der Waals surface area contributed by atoms with Gasteiger partial charge in [0, 0.05) is 27.6 Å². The molecule has 0 amide bonds. The van der Waals surface area contributed by atoms with Crippen molar-refractivity contribution in [3.05, 3.63) is 120 Å². The summed E-state index contributed by atoms with van der Waals surface area (Å²) in [6.07, 6.45) is 8.22. The number of H-pyrrole nitrogens is 2. The summed E-state index contributed by atoms with van der Waals surface area (Å²) in [5, 5.41) is 4.94. The Morgan fingerprint density at radius 3 is 1.74 bits per heavy atom. The van der Waals surface area contributed by atoms with Crippen molar-refractivity contribution in [3.63, 3.8) is 0 Å². The van der Waals surface area contributed by atoms with Gasteiger partial charge in [-0.1, -0.05) is 42.5 Å². The highest BCUT2D eigenvalue weighted by Crippen LogP contribution is 2.35. The molecule has 3 aromatic heterocycles. The molecular formula is C34H22N4. The SMILES string of the molecule is C1=Cc2cc3cc(-c4cccc5cc6ccccc6cc45)c(cc4nc(cc5ccc(cc1n2)[nH]5)C=C4)[nH]3. The molecule has 8 rings (SSSR count). The molecule has 38 heavy (non-hydrogen) atoms. The molecule has 0 unspecified atom stereocenters. The highest BCUT2D eigenvalue weighted by atomic mass is 14.8. The molecule has 0 atom stereocenters. The van der Waals surface area contributed by atoms with Gasteiger partial charge in [-0.25, -0.2) is 9.97 Å². The summed E-state index contributed by atoms with van der Waals surface area (Å²) in [5.74, 6) is 0. The van der Waals surface area contributed by atoms with Gasteiger partial charge in [0.15, 0.2) is 0 Å². The number of hydrogen-bond donors (Lipinski definition) is 2. The molecule has 0 aliphatic carbocycles. The second-order valence-corrected chi connectivity index (χ2v) is 9.81. The van der Waals surface area contributed by atoms with Crippen LogP contribution in [0.5, 0.6) is 0 Å². The van der Waals surface area contributed by atoms with Crippen molar-refractivity contribution >= 4 is 67.9 Å². The third-order valence-corrected chi connectivity index (χ3v) is 7.21. The van der Waals surface area contributed by atoms with Gasteiger partial charge in [0.2, 0.25) is 0 Å². The van der Waals surface area contributed by atoms with Gasteiger partial charge < -0.3 is 9.97 Å². The Balaban J connectivity index is 1.44. The third-order valence-electron chi connectivity index (χ3n) is 7.21. The average Bonchev–Trinajstić information content (AvgIpc) is 3.73. The number of hydrogen-bond acceptors (Lipinski definition) is 2. The largest absolute Gasteiger partial charge is 0.355 e. The maximum atomic E-state index is 4.87. The molecule has 0 saturated carbocycles. The van der Waals surface area contributed by atoms with E-state index in [1.165, 1.54) is 27.1 Å². The molecule has 4 nitrogen and oxygen atoms in total. The molecule has 6 aromatic rings. The third kappa shape index (κ3) is 3.62. The van der Waals surface area contributed by atoms with Gasteiger partial charge in [-0.05, 0) is 106 Å². The zero-order valence-electron chi connectivity index (χ0n) is 20.4. The van der Waals surface area contributed by atoms with E-state index in [4.69, 9.17) is 9.97 Å². The highest BCUT2D eigenvalue weighted by molar-refractivity contribution is 6.07. The number of nitrogens with zero attached hydrogens (tertiary/aromatic N) is 2. The smallest absolute Gasteiger partial charge is 0.0658 e. The summed E-state index contributed by atoms with van der Waals surface area (Å²) in [6, 6.07) is 34.4. The van der Waals surface area contributed by atoms with Gasteiger partial charge in [-0.2, -0.15) is 0 Å². The van der Waals surface area contributed by atoms with Crippen molar-refractivity contribution in [2.75, 3.05) is 0 Å². The van der Waals surface area contributed by atoms with E-state index in [9.17, 15) is 0 Å². The van der Waals surface area contributed by atoms with Crippen LogP contribution < -0.4 is 0 Å². The second kappa shape index (κ2) is 8.15. The maximum absolute atomic E-state index is 4.87. The van der Waals surface area contributed by atoms with E-state index < -0.39 is 0 Å². The predicted octanol–water partition coefficient (Wildman–Crippen LogP) is 8.63. The van der Waals surface area contributed by atoms with Gasteiger partial charge >= 0.3 is 0 Å². The van der Waals surface area contributed by atoms with Crippen molar-refractivity contribution in [2.24, 2.45) is 0 Å². The van der Waals surface area contributed by atoms with Gasteiger partial charge in [-0.15, -0.1) is 0 Å². The number of benzene rings is 3. The maximum Gasteiger partial charge on any atom is 0.0658 e. The monoisotopic (exact) mass is 486 g/mol. The topological polar surface area (TPSA) is 57.4 Å². The first-order valence-corrected chi connectivity index (χ1v) is 12.7. The quantitative estimate of drug-likeness (QED) is 0.228. The van der Waals surface area contributed by atoms with Gasteiger partial charge in [0.25, 0.3) is 0 Å². The van der Waals surface area contributed by atoms with Crippen LogP contribution in [-0.2, 0) is 0 Å². The van der Waals surface area contributed by atoms with Crippen molar-refractivity contribution in [2.45, 2.75) is 0 Å². The number of aromatic amines is 2. The summed E-state index contributed by atoms with van der Waals surface area (Å²) < 4.78 is 0. The fourth-order valence-corrected chi connectivity index (χ4v) is 5.44. The number of rotatable bonds is 1. The Labute approximate surface area is 218 Å². The Hall–Kier alpha value is -5.22. The fraction of sp³-hybridized carbons (Fsp3) is 0. The lowest BCUT2D eigenvalue weighted by Crippen LogP contribution is -1.82. The van der Waals surface area contributed by atoms with E-state index in [0.717, 1.165) is 50.4 Å². The van der Waals surface area contributed by atoms with Crippen molar-refractivity contribution in [1.29, 1.82) is 0 Å². The molecule has 0 spiro atoms. The summed E-state index contributed by atoms with van der Waals surface area (Å²) in [5.41, 5.74) is 10.0. The molecule has 4 heteroatoms. The zero-order chi connectivity index (χ0) is 25.1. The molecule has 178 valence electrons. The lowest BCUT2D eigenvalue weighted by Gasteiger charge is -2.08. The Morgan fingerprint density at radius 1 is 0.421 bits per heavy atom. The van der Waals surface area contributed by atoms with Gasteiger partial charge in [0.1, 0.15) is 0 Å². The predicted molar refractivity (Wildman–Crippen MR) is 159 cm³/mol. The van der Waals surface area contributed by atoms with E-state index in [0.29, 0.717) is 0 Å². The Kier molecular flexibility index (Phi) is 4.49. The highest BCUT2D eigenvalue weighted by Gasteiger charge is 2.11. The van der Waals surface area contributed by atoms with Crippen LogP contribution >= 0.6 is 0 Å². The minimum atomic E-state index is 0.913. The molecule has 2 N–H and O–H groups in total. The van der Waals surface area contributed by atoms with Crippen LogP contribution in [0.1, 0.15) is 22.8 Å². The number of nitrogens with one attached hydrogen (secondary N) is 2. The van der Waals surface area contributed by atoms with E-state index in [1.807, 2.05) is 6.08 Å². The minimum absolute atomic E-state index is 0.913. The summed E-state index contributed by atoms with van der Waals surface area (Å²) in [7, 11) is 0. The fourth-order valence-electron chi connectivity index (χ4n) is 5.44. The summed E-state index contributed by atoms with van der Waals surface area (Å²) in [4.78, 5) is 16.8. The minimum Gasteiger partial charge on any atom is -0.355 e. The molecule has 5 heterocycles. The van der Waals surface area contributed by atoms with Crippen LogP contribution in [0.4, 0.5) is 0 Å². The number of fused-ring (bicyclic) bond motifs is 10. The van der Waals surface area contributed by atoms with Gasteiger partial charge in [-0.3, -0.25) is 0 Å². The Morgan fingerprint density at radius 2 is 1.03 bits per heavy atom. The molecule has 2 aliphatic rings. The average molecular weight is 487 g/mol. The van der Waals surface area contributed by atoms with E-state index in [2.05, 4.69) is 125 Å². The van der Waals surface area contributed by atoms with E-state index >= 15 is 0 Å². The van der Waals surface area contributed by atoms with E-state index in [-0.39, 0.29) is 0 Å². The lowest BCUT2D eigenvalue weighted by molar-refractivity contribution is 1.31. The normalized spacial score (nSPS) is 12.5. The first kappa shape index (κ1) is 20.9. The molecule has 3 aromatic carbocycles. The first-order valence-electron chi connectivity index (χ1n) is 12.7. The second-order valence-electron chi connectivity index (χ2n) is 9.81. The molecule has 8 bridgehead atoms. The van der Waals surface area contributed by atoms with Crippen LogP contribution in [0, 0.1) is 0 Å². The standard InChI is InChI=1S/C34H22N4/c1-2-5-22-15-32-23(14-21(22)4-1)6-3-7-31(32)33-19-30-18-28-11-10-26(36-28)16-24-8-9-25(35-24)17-27-12-13-29(37-27)20-34(33)38-30/h1-20,35,38H. The van der Waals surface area contributed by atoms with Crippen molar-refractivity contribution in [3.8, 4) is 11.1 Å². The number of aromatic nitrogens is 4. The van der Waals surface area contributed by atoms with Crippen LogP contribution in [0.2, 0.25) is 0 Å². The molecule has 0 radical (unpaired) electrons. The molecule has 0 fully saturated rings. The molecular weight excluding hydrogens is 464 g/mol. The van der Waals surface area contributed by atoms with Crippen LogP contribution in [0.15, 0.2) is 97.1 Å². The van der Waals surface area contributed by atoms with Crippen molar-refractivity contribution < 1.29 is 0 Å². The molecule has 0 saturated heterocycles. The van der Waals surface area contributed by atoms with E-state index in [1.54, 1.807) is 0 Å². The van der Waals surface area contributed by atoms with Gasteiger partial charge in [0.05, 0.1) is 22.8 Å². The lowest BCUT2D eigenvalue weighted by atomic mass is 9.96. The zero-order valence-corrected chi connectivity index (χ0v) is 20.4. The summed E-state index contributed by atoms with van der Waals surface area (Å²) in [6.45, 7) is 0. The first-order chi connectivity index (χ1) is 18.7. The van der Waals surface area contributed by atoms with Crippen molar-refractivity contribution in [1.82, 2.24) is 19.9 Å². The Bertz CT molecular complexity index is 2140. The van der Waals surface area contributed by atoms with Crippen LogP contribution in [0.3, 0.4) is 0 Å².